The first-order valence-electron chi connectivity index (χ1n) is 6.03. The second-order valence-corrected chi connectivity index (χ2v) is 4.73. The molecule has 1 heteroatoms. The van der Waals surface area contributed by atoms with Gasteiger partial charge in [0, 0.05) is 7.11 Å². The molecule has 0 N–H and O–H groups in total. The van der Waals surface area contributed by atoms with Gasteiger partial charge in [-0.25, -0.2) is 0 Å². The second-order valence-electron chi connectivity index (χ2n) is 4.73. The van der Waals surface area contributed by atoms with Gasteiger partial charge in [-0.15, -0.1) is 0 Å². The van der Waals surface area contributed by atoms with Crippen molar-refractivity contribution in [3.8, 4) is 0 Å². The van der Waals surface area contributed by atoms with Crippen molar-refractivity contribution < 1.29 is 4.74 Å². The maximum absolute atomic E-state index is 4.94. The third kappa shape index (κ3) is 22.7. The van der Waals surface area contributed by atoms with Crippen LogP contribution in [0.5, 0.6) is 0 Å². The molecule has 0 aromatic carbocycles. The van der Waals surface area contributed by atoms with E-state index >= 15 is 0 Å². The molecular weight excluding hydrogens is 172 g/mol. The van der Waals surface area contributed by atoms with E-state index in [-0.39, 0.29) is 5.60 Å². The molecule has 0 aliphatic carbocycles. The highest BCUT2D eigenvalue weighted by Crippen LogP contribution is 2.03. The molecule has 0 saturated heterocycles. The van der Waals surface area contributed by atoms with E-state index in [9.17, 15) is 0 Å². The van der Waals surface area contributed by atoms with Crippen molar-refractivity contribution in [3.05, 3.63) is 0 Å². The number of ether oxygens (including phenoxy) is 1. The van der Waals surface area contributed by atoms with Crippen LogP contribution in [0.15, 0.2) is 0 Å². The first kappa shape index (κ1) is 16.4. The van der Waals surface area contributed by atoms with Crippen LogP contribution in [-0.4, -0.2) is 12.7 Å². The molecule has 0 heterocycles. The lowest BCUT2D eigenvalue weighted by Crippen LogP contribution is -2.15. The molecule has 0 unspecified atom stereocenters. The molecule has 0 fully saturated rings. The van der Waals surface area contributed by atoms with E-state index in [0.29, 0.717) is 0 Å². The Morgan fingerprint density at radius 2 is 1.07 bits per heavy atom. The molecule has 0 radical (unpaired) electrons. The summed E-state index contributed by atoms with van der Waals surface area (Å²) in [5.74, 6) is 0. The van der Waals surface area contributed by atoms with E-state index in [2.05, 4.69) is 13.8 Å². The van der Waals surface area contributed by atoms with E-state index in [4.69, 9.17) is 4.74 Å². The van der Waals surface area contributed by atoms with Gasteiger partial charge >= 0.3 is 0 Å². The van der Waals surface area contributed by atoms with Crippen LogP contribution in [0.3, 0.4) is 0 Å². The minimum Gasteiger partial charge on any atom is -0.379 e. The van der Waals surface area contributed by atoms with E-state index in [1.807, 2.05) is 20.8 Å². The van der Waals surface area contributed by atoms with Gasteiger partial charge in [-0.1, -0.05) is 52.4 Å². The van der Waals surface area contributed by atoms with E-state index in [1.165, 1.54) is 38.5 Å². The van der Waals surface area contributed by atoms with Crippen molar-refractivity contribution >= 4 is 0 Å². The van der Waals surface area contributed by atoms with Crippen LogP contribution in [0.4, 0.5) is 0 Å². The molecule has 14 heavy (non-hydrogen) atoms. The number of rotatable bonds is 5. The van der Waals surface area contributed by atoms with Gasteiger partial charge in [0.2, 0.25) is 0 Å². The molecule has 0 aliphatic rings. The molecule has 0 spiro atoms. The first-order valence-corrected chi connectivity index (χ1v) is 6.03. The van der Waals surface area contributed by atoms with Crippen molar-refractivity contribution in [2.45, 2.75) is 78.7 Å². The minimum atomic E-state index is 0.0417. The summed E-state index contributed by atoms with van der Waals surface area (Å²) in [5.41, 5.74) is 0.0417. The standard InChI is InChI=1S/C8H18.C5H12O/c1-3-5-7-8-6-4-2;1-5(2,3)6-4/h3-8H2,1-2H3;1-4H3. The predicted molar refractivity (Wildman–Crippen MR) is 65.8 cm³/mol. The zero-order chi connectivity index (χ0) is 11.4. The summed E-state index contributed by atoms with van der Waals surface area (Å²) < 4.78 is 4.94. The Balaban J connectivity index is 0. The summed E-state index contributed by atoms with van der Waals surface area (Å²) in [6.45, 7) is 10.6. The molecule has 88 valence electrons. The smallest absolute Gasteiger partial charge is 0.0594 e. The summed E-state index contributed by atoms with van der Waals surface area (Å²) in [5, 5.41) is 0. The molecular formula is C13H30O. The molecule has 0 amide bonds. The van der Waals surface area contributed by atoms with Gasteiger partial charge in [0.15, 0.2) is 0 Å². The summed E-state index contributed by atoms with van der Waals surface area (Å²) in [7, 11) is 1.71. The maximum Gasteiger partial charge on any atom is 0.0594 e. The molecule has 1 nitrogen and oxygen atoms in total. The molecule has 0 aromatic heterocycles. The van der Waals surface area contributed by atoms with Gasteiger partial charge in [-0.2, -0.15) is 0 Å². The lowest BCUT2D eigenvalue weighted by atomic mass is 10.1. The summed E-state index contributed by atoms with van der Waals surface area (Å²) in [4.78, 5) is 0. The topological polar surface area (TPSA) is 9.23 Å². The third-order valence-electron chi connectivity index (χ3n) is 2.07. The van der Waals surface area contributed by atoms with Crippen LogP contribution in [0.25, 0.3) is 0 Å². The zero-order valence-corrected chi connectivity index (χ0v) is 11.2. The van der Waals surface area contributed by atoms with Crippen molar-refractivity contribution in [1.29, 1.82) is 0 Å². The van der Waals surface area contributed by atoms with Gasteiger partial charge in [0.25, 0.3) is 0 Å². The van der Waals surface area contributed by atoms with Gasteiger partial charge in [-0.3, -0.25) is 0 Å². The lowest BCUT2D eigenvalue weighted by molar-refractivity contribution is 0.0397. The fourth-order valence-corrected chi connectivity index (χ4v) is 0.854. The van der Waals surface area contributed by atoms with Crippen LogP contribution in [0.2, 0.25) is 0 Å². The van der Waals surface area contributed by atoms with Crippen molar-refractivity contribution in [2.24, 2.45) is 0 Å². The molecule has 0 bridgehead atoms. The van der Waals surface area contributed by atoms with E-state index in [1.54, 1.807) is 7.11 Å². The van der Waals surface area contributed by atoms with Crippen LogP contribution >= 0.6 is 0 Å². The Labute approximate surface area is 91.2 Å². The molecule has 0 aromatic rings. The van der Waals surface area contributed by atoms with E-state index in [0.717, 1.165) is 0 Å². The second kappa shape index (κ2) is 11.0. The highest BCUT2D eigenvalue weighted by Gasteiger charge is 2.03. The molecule has 0 atom stereocenters. The van der Waals surface area contributed by atoms with Crippen LogP contribution in [-0.2, 0) is 4.74 Å². The van der Waals surface area contributed by atoms with Crippen molar-refractivity contribution in [1.82, 2.24) is 0 Å². The lowest BCUT2D eigenvalue weighted by Gasteiger charge is -2.14. The Kier molecular flexibility index (Phi) is 12.9. The fraction of sp³-hybridized carbons (Fsp3) is 1.00. The van der Waals surface area contributed by atoms with Gasteiger partial charge in [-0.05, 0) is 20.8 Å². The number of methoxy groups -OCH3 is 1. The number of hydrogen-bond acceptors (Lipinski definition) is 1. The normalized spacial score (nSPS) is 10.7. The zero-order valence-electron chi connectivity index (χ0n) is 11.2. The quantitative estimate of drug-likeness (QED) is 0.582. The van der Waals surface area contributed by atoms with E-state index < -0.39 is 0 Å². The van der Waals surface area contributed by atoms with Crippen molar-refractivity contribution in [3.63, 3.8) is 0 Å². The molecule has 0 aliphatic heterocycles. The molecule has 0 rings (SSSR count). The van der Waals surface area contributed by atoms with Gasteiger partial charge < -0.3 is 4.74 Å². The average molecular weight is 202 g/mol. The Morgan fingerprint density at radius 1 is 0.786 bits per heavy atom. The summed E-state index contributed by atoms with van der Waals surface area (Å²) in [6.07, 6.45) is 8.49. The maximum atomic E-state index is 4.94. The monoisotopic (exact) mass is 202 g/mol. The predicted octanol–water partition coefficient (Wildman–Crippen LogP) is 4.80. The summed E-state index contributed by atoms with van der Waals surface area (Å²) in [6, 6.07) is 0. The van der Waals surface area contributed by atoms with Crippen LogP contribution < -0.4 is 0 Å². The highest BCUT2D eigenvalue weighted by atomic mass is 16.5. The first-order chi connectivity index (χ1) is 6.47. The number of hydrogen-bond donors (Lipinski definition) is 0. The average Bonchev–Trinajstić information content (AvgIpc) is 2.13. The highest BCUT2D eigenvalue weighted by molar-refractivity contribution is 4.55. The Morgan fingerprint density at radius 3 is 1.21 bits per heavy atom. The molecule has 0 saturated carbocycles. The Hall–Kier alpha value is -0.0400. The largest absolute Gasteiger partial charge is 0.379 e. The fourth-order valence-electron chi connectivity index (χ4n) is 0.854. The Bertz CT molecular complexity index is 85.9. The summed E-state index contributed by atoms with van der Waals surface area (Å²) >= 11 is 0. The van der Waals surface area contributed by atoms with Crippen molar-refractivity contribution in [2.75, 3.05) is 7.11 Å². The van der Waals surface area contributed by atoms with Gasteiger partial charge in [0.1, 0.15) is 0 Å². The SMILES string of the molecule is CCCCCCCC.COC(C)(C)C. The van der Waals surface area contributed by atoms with Crippen LogP contribution in [0, 0.1) is 0 Å². The van der Waals surface area contributed by atoms with Gasteiger partial charge in [0.05, 0.1) is 5.60 Å². The number of unbranched alkanes of at least 4 members (excludes halogenated alkanes) is 5. The minimum absolute atomic E-state index is 0.0417. The van der Waals surface area contributed by atoms with Crippen LogP contribution in [0.1, 0.15) is 73.1 Å². The third-order valence-corrected chi connectivity index (χ3v) is 2.07.